The lowest BCUT2D eigenvalue weighted by atomic mass is 9.83. The molecule has 1 aliphatic rings. The molecule has 1 heterocycles. The van der Waals surface area contributed by atoms with Gasteiger partial charge in [0, 0.05) is 5.56 Å². The zero-order valence-electron chi connectivity index (χ0n) is 27.8. The largest absolute Gasteiger partial charge is 0.493 e. The van der Waals surface area contributed by atoms with Crippen molar-refractivity contribution in [2.24, 2.45) is 17.8 Å². The Morgan fingerprint density at radius 2 is 1.31 bits per heavy atom. The van der Waals surface area contributed by atoms with Gasteiger partial charge in [-0.2, -0.15) is 0 Å². The van der Waals surface area contributed by atoms with E-state index in [9.17, 15) is 0 Å². The van der Waals surface area contributed by atoms with Gasteiger partial charge in [-0.25, -0.2) is 0 Å². The van der Waals surface area contributed by atoms with Gasteiger partial charge in [0.1, 0.15) is 17.1 Å². The van der Waals surface area contributed by atoms with E-state index >= 15 is 0 Å². The average molecular weight is 543 g/mol. The van der Waals surface area contributed by atoms with E-state index in [4.69, 9.17) is 9.47 Å². The molecule has 0 N–H and O–H groups in total. The molecule has 2 nitrogen and oxygen atoms in total. The molecule has 0 fully saturated rings. The van der Waals surface area contributed by atoms with Gasteiger partial charge >= 0.3 is 0 Å². The Morgan fingerprint density at radius 3 is 1.95 bits per heavy atom. The highest BCUT2D eigenvalue weighted by molar-refractivity contribution is 5.59. The van der Waals surface area contributed by atoms with Crippen molar-refractivity contribution < 1.29 is 9.47 Å². The predicted octanol–water partition coefficient (Wildman–Crippen LogP) is 11.9. The Labute approximate surface area is 244 Å². The van der Waals surface area contributed by atoms with Gasteiger partial charge in [0.2, 0.25) is 0 Å². The zero-order chi connectivity index (χ0) is 28.8. The summed E-state index contributed by atoms with van der Waals surface area (Å²) in [4.78, 5) is 0. The third-order valence-corrected chi connectivity index (χ3v) is 9.58. The van der Waals surface area contributed by atoms with Crippen LogP contribution in [-0.2, 0) is 6.42 Å². The summed E-state index contributed by atoms with van der Waals surface area (Å²) in [7, 11) is 0. The number of ether oxygens (including phenoxy) is 2. The van der Waals surface area contributed by atoms with E-state index in [0.29, 0.717) is 0 Å². The number of rotatable bonds is 20. The fraction of sp³-hybridized carbons (Fsp3) is 0.838. The first kappa shape index (κ1) is 34.0. The minimum atomic E-state index is -0.0395. The van der Waals surface area contributed by atoms with Crippen molar-refractivity contribution in [2.45, 2.75) is 177 Å². The second-order valence-electron chi connectivity index (χ2n) is 14.0. The highest BCUT2D eigenvalue weighted by Crippen LogP contribution is 2.45. The van der Waals surface area contributed by atoms with E-state index in [1.165, 1.54) is 106 Å². The van der Waals surface area contributed by atoms with E-state index in [-0.39, 0.29) is 5.60 Å². The SMILES string of the molecule is CCCCCCCCOc1c(C)c(C)c2c(c1C)CC[C@@](C)(CCC[C@H](C)CCC[C@H](C)CCCC(C)C)O2. The lowest BCUT2D eigenvalue weighted by molar-refractivity contribution is 0.0511. The maximum Gasteiger partial charge on any atom is 0.127 e. The molecule has 2 heteroatoms. The standard InChI is InChI=1S/C37H66O2/c1-10-11-12-13-14-15-27-38-35-31(6)32(7)36-34(33(35)8)24-26-37(9,39-36)25-18-23-30(5)22-17-21-29(4)20-16-19-28(2)3/h28-30H,10-27H2,1-9H3/t29-,30-,37-/m1/s1. The molecule has 0 saturated carbocycles. The molecule has 0 aliphatic carbocycles. The molecular formula is C37H66O2. The summed E-state index contributed by atoms with van der Waals surface area (Å²) in [6.45, 7) is 21.8. The number of fused-ring (bicyclic) bond motifs is 1. The first-order valence-electron chi connectivity index (χ1n) is 17.0. The van der Waals surface area contributed by atoms with Crippen molar-refractivity contribution in [1.29, 1.82) is 0 Å². The van der Waals surface area contributed by atoms with Gasteiger partial charge in [0.25, 0.3) is 0 Å². The van der Waals surface area contributed by atoms with Gasteiger partial charge in [0.05, 0.1) is 6.61 Å². The van der Waals surface area contributed by atoms with Gasteiger partial charge in [0.15, 0.2) is 0 Å². The molecule has 1 aromatic rings. The second kappa shape index (κ2) is 17.6. The molecule has 0 saturated heterocycles. The number of benzene rings is 1. The normalized spacial score (nSPS) is 18.6. The summed E-state index contributed by atoms with van der Waals surface area (Å²) in [5.74, 6) is 4.84. The third kappa shape index (κ3) is 11.7. The summed E-state index contributed by atoms with van der Waals surface area (Å²) in [6.07, 6.45) is 22.2. The molecule has 3 atom stereocenters. The van der Waals surface area contributed by atoms with Crippen LogP contribution in [-0.4, -0.2) is 12.2 Å². The summed E-state index contributed by atoms with van der Waals surface area (Å²) < 4.78 is 13.2. The van der Waals surface area contributed by atoms with Crippen molar-refractivity contribution in [3.05, 3.63) is 22.3 Å². The molecule has 0 radical (unpaired) electrons. The summed E-state index contributed by atoms with van der Waals surface area (Å²) in [5.41, 5.74) is 5.23. The lowest BCUT2D eigenvalue weighted by Crippen LogP contribution is -2.37. The van der Waals surface area contributed by atoms with Crippen LogP contribution in [0.2, 0.25) is 0 Å². The van der Waals surface area contributed by atoms with E-state index in [1.54, 1.807) is 0 Å². The molecular weight excluding hydrogens is 476 g/mol. The number of hydrogen-bond acceptors (Lipinski definition) is 2. The highest BCUT2D eigenvalue weighted by atomic mass is 16.5. The maximum atomic E-state index is 6.84. The van der Waals surface area contributed by atoms with E-state index in [1.807, 2.05) is 0 Å². The fourth-order valence-corrected chi connectivity index (χ4v) is 6.53. The van der Waals surface area contributed by atoms with E-state index in [0.717, 1.165) is 61.5 Å². The molecule has 1 aliphatic heterocycles. The van der Waals surface area contributed by atoms with Gasteiger partial charge in [-0.1, -0.05) is 112 Å². The monoisotopic (exact) mass is 543 g/mol. The second-order valence-corrected chi connectivity index (χ2v) is 14.0. The van der Waals surface area contributed by atoms with Crippen molar-refractivity contribution >= 4 is 0 Å². The topological polar surface area (TPSA) is 18.5 Å². The van der Waals surface area contributed by atoms with Crippen molar-refractivity contribution in [3.63, 3.8) is 0 Å². The molecule has 0 amide bonds. The van der Waals surface area contributed by atoms with Crippen molar-refractivity contribution in [2.75, 3.05) is 6.61 Å². The molecule has 0 aromatic heterocycles. The van der Waals surface area contributed by atoms with Gasteiger partial charge < -0.3 is 9.47 Å². The van der Waals surface area contributed by atoms with Crippen LogP contribution in [0.4, 0.5) is 0 Å². The van der Waals surface area contributed by atoms with Gasteiger partial charge in [-0.15, -0.1) is 0 Å². The summed E-state index contributed by atoms with van der Waals surface area (Å²) >= 11 is 0. The van der Waals surface area contributed by atoms with Gasteiger partial charge in [-0.3, -0.25) is 0 Å². The Kier molecular flexibility index (Phi) is 15.3. The van der Waals surface area contributed by atoms with Crippen LogP contribution in [0, 0.1) is 38.5 Å². The smallest absolute Gasteiger partial charge is 0.127 e. The minimum Gasteiger partial charge on any atom is -0.493 e. The molecule has 226 valence electrons. The summed E-state index contributed by atoms with van der Waals surface area (Å²) in [6, 6.07) is 0. The van der Waals surface area contributed by atoms with Crippen LogP contribution in [0.5, 0.6) is 11.5 Å². The van der Waals surface area contributed by atoms with Crippen LogP contribution < -0.4 is 9.47 Å². The van der Waals surface area contributed by atoms with Crippen LogP contribution in [0.1, 0.15) is 167 Å². The van der Waals surface area contributed by atoms with Crippen molar-refractivity contribution in [1.82, 2.24) is 0 Å². The zero-order valence-corrected chi connectivity index (χ0v) is 27.8. The molecule has 2 rings (SSSR count). The van der Waals surface area contributed by atoms with Crippen molar-refractivity contribution in [3.8, 4) is 11.5 Å². The molecule has 0 spiro atoms. The Morgan fingerprint density at radius 1 is 0.718 bits per heavy atom. The third-order valence-electron chi connectivity index (χ3n) is 9.58. The Balaban J connectivity index is 1.79. The van der Waals surface area contributed by atoms with Crippen LogP contribution >= 0.6 is 0 Å². The van der Waals surface area contributed by atoms with Crippen LogP contribution in [0.25, 0.3) is 0 Å². The highest BCUT2D eigenvalue weighted by Gasteiger charge is 2.34. The van der Waals surface area contributed by atoms with E-state index in [2.05, 4.69) is 62.3 Å². The maximum absolute atomic E-state index is 6.84. The van der Waals surface area contributed by atoms with Crippen LogP contribution in [0.3, 0.4) is 0 Å². The Hall–Kier alpha value is -1.18. The molecule has 1 aromatic carbocycles. The summed E-state index contributed by atoms with van der Waals surface area (Å²) in [5, 5.41) is 0. The first-order valence-corrected chi connectivity index (χ1v) is 17.0. The Bertz CT molecular complexity index is 825. The number of unbranched alkanes of at least 4 members (excludes halogenated alkanes) is 5. The first-order chi connectivity index (χ1) is 18.6. The minimum absolute atomic E-state index is 0.0395. The molecule has 0 bridgehead atoms. The van der Waals surface area contributed by atoms with E-state index < -0.39 is 0 Å². The lowest BCUT2D eigenvalue weighted by Gasteiger charge is -2.38. The average Bonchev–Trinajstić information content (AvgIpc) is 2.88. The number of hydrogen-bond donors (Lipinski definition) is 0. The van der Waals surface area contributed by atoms with Crippen LogP contribution in [0.15, 0.2) is 0 Å². The molecule has 39 heavy (non-hydrogen) atoms. The quantitative estimate of drug-likeness (QED) is 0.153. The fourth-order valence-electron chi connectivity index (χ4n) is 6.53. The predicted molar refractivity (Wildman–Crippen MR) is 172 cm³/mol. The van der Waals surface area contributed by atoms with Gasteiger partial charge in [-0.05, 0) is 94.2 Å². The molecule has 0 unspecified atom stereocenters.